The van der Waals surface area contributed by atoms with Crippen molar-refractivity contribution in [2.45, 2.75) is 6.54 Å². The van der Waals surface area contributed by atoms with E-state index in [1.807, 2.05) is 0 Å². The van der Waals surface area contributed by atoms with E-state index < -0.39 is 0 Å². The van der Waals surface area contributed by atoms with E-state index in [9.17, 15) is 9.18 Å². The number of anilines is 1. The molecule has 1 aromatic heterocycles. The highest BCUT2D eigenvalue weighted by Crippen LogP contribution is 2.08. The fourth-order valence-corrected chi connectivity index (χ4v) is 1.62. The van der Waals surface area contributed by atoms with Crippen LogP contribution in [0.2, 0.25) is 0 Å². The first-order chi connectivity index (χ1) is 10.2. The van der Waals surface area contributed by atoms with Crippen LogP contribution in [0.15, 0.2) is 49.3 Å². The van der Waals surface area contributed by atoms with Gasteiger partial charge in [0, 0.05) is 31.0 Å². The average molecular weight is 286 g/mol. The number of nitrogens with zero attached hydrogens (tertiary/aromatic N) is 2. The minimum absolute atomic E-state index is 0.268. The van der Waals surface area contributed by atoms with Crippen molar-refractivity contribution in [1.82, 2.24) is 15.3 Å². The van der Waals surface area contributed by atoms with Gasteiger partial charge in [-0.2, -0.15) is 0 Å². The average Bonchev–Trinajstić information content (AvgIpc) is 2.52. The van der Waals surface area contributed by atoms with E-state index >= 15 is 0 Å². The molecule has 1 aromatic carbocycles. The van der Waals surface area contributed by atoms with Gasteiger partial charge in [-0.3, -0.25) is 4.79 Å². The number of amides is 1. The van der Waals surface area contributed by atoms with Crippen LogP contribution in [0.3, 0.4) is 0 Å². The van der Waals surface area contributed by atoms with E-state index in [2.05, 4.69) is 27.2 Å². The molecule has 0 unspecified atom stereocenters. The van der Waals surface area contributed by atoms with Gasteiger partial charge < -0.3 is 10.6 Å². The highest BCUT2D eigenvalue weighted by molar-refractivity contribution is 5.93. The smallest absolute Gasteiger partial charge is 0.254 e. The van der Waals surface area contributed by atoms with Gasteiger partial charge in [-0.25, -0.2) is 14.4 Å². The van der Waals surface area contributed by atoms with E-state index in [1.54, 1.807) is 24.3 Å². The van der Waals surface area contributed by atoms with Crippen LogP contribution >= 0.6 is 0 Å². The van der Waals surface area contributed by atoms with Gasteiger partial charge in [0.05, 0.1) is 5.56 Å². The first-order valence-electron chi connectivity index (χ1n) is 6.39. The van der Waals surface area contributed by atoms with Crippen molar-refractivity contribution in [3.8, 4) is 0 Å². The first kappa shape index (κ1) is 14.6. The molecule has 0 saturated carbocycles. The Balaban J connectivity index is 1.95. The maximum atomic E-state index is 13.4. The van der Waals surface area contributed by atoms with E-state index in [1.165, 1.54) is 18.5 Å². The molecular formula is C15H15FN4O. The molecule has 0 aliphatic heterocycles. The van der Waals surface area contributed by atoms with Crippen LogP contribution in [-0.2, 0) is 6.54 Å². The number of nitrogens with one attached hydrogen (secondary N) is 2. The Morgan fingerprint density at radius 2 is 2.00 bits per heavy atom. The van der Waals surface area contributed by atoms with Gasteiger partial charge in [0.15, 0.2) is 0 Å². The number of benzene rings is 1. The third-order valence-corrected chi connectivity index (χ3v) is 2.72. The molecule has 1 amide bonds. The largest absolute Gasteiger partial charge is 0.350 e. The summed E-state index contributed by atoms with van der Waals surface area (Å²) in [7, 11) is 0. The number of carbonyl (C=O) groups excluding carboxylic acids is 1. The second kappa shape index (κ2) is 7.14. The zero-order chi connectivity index (χ0) is 15.1. The quantitative estimate of drug-likeness (QED) is 0.798. The lowest BCUT2D eigenvalue weighted by Crippen LogP contribution is -2.23. The zero-order valence-corrected chi connectivity index (χ0v) is 11.3. The van der Waals surface area contributed by atoms with E-state index in [-0.39, 0.29) is 18.3 Å². The molecule has 0 atom stereocenters. The van der Waals surface area contributed by atoms with Crippen LogP contribution < -0.4 is 10.6 Å². The third-order valence-electron chi connectivity index (χ3n) is 2.72. The van der Waals surface area contributed by atoms with Crippen molar-refractivity contribution < 1.29 is 9.18 Å². The Morgan fingerprint density at radius 3 is 2.67 bits per heavy atom. The van der Waals surface area contributed by atoms with Crippen LogP contribution in [0.25, 0.3) is 0 Å². The molecule has 108 valence electrons. The summed E-state index contributed by atoms with van der Waals surface area (Å²) in [5.41, 5.74) is 0.877. The number of halogens is 1. The van der Waals surface area contributed by atoms with Gasteiger partial charge in [0.1, 0.15) is 5.82 Å². The van der Waals surface area contributed by atoms with Crippen molar-refractivity contribution in [1.29, 1.82) is 0 Å². The maximum absolute atomic E-state index is 13.4. The lowest BCUT2D eigenvalue weighted by Gasteiger charge is -2.06. The van der Waals surface area contributed by atoms with Crippen LogP contribution in [0.1, 0.15) is 15.9 Å². The molecule has 6 heteroatoms. The molecule has 0 spiro atoms. The lowest BCUT2D eigenvalue weighted by atomic mass is 10.2. The molecule has 2 aromatic rings. The van der Waals surface area contributed by atoms with Crippen LogP contribution in [0, 0.1) is 5.82 Å². The second-order valence-electron chi connectivity index (χ2n) is 4.24. The van der Waals surface area contributed by atoms with Gasteiger partial charge in [0.25, 0.3) is 5.91 Å². The van der Waals surface area contributed by atoms with Crippen molar-refractivity contribution in [2.24, 2.45) is 0 Å². The van der Waals surface area contributed by atoms with Crippen molar-refractivity contribution in [3.63, 3.8) is 0 Å². The Morgan fingerprint density at radius 1 is 1.29 bits per heavy atom. The van der Waals surface area contributed by atoms with Crippen LogP contribution in [-0.4, -0.2) is 22.4 Å². The standard InChI is InChI=1S/C15H15FN4O/c1-2-7-17-14(21)12-9-19-15(20-10-12)18-8-11-5-3-4-6-13(11)16/h2-6,9-10H,1,7-8H2,(H,17,21)(H,18,19,20). The minimum atomic E-state index is -0.287. The molecule has 21 heavy (non-hydrogen) atoms. The maximum Gasteiger partial charge on any atom is 0.254 e. The summed E-state index contributed by atoms with van der Waals surface area (Å²) in [6.45, 7) is 4.17. The Kier molecular flexibility index (Phi) is 4.98. The van der Waals surface area contributed by atoms with Gasteiger partial charge >= 0.3 is 0 Å². The summed E-state index contributed by atoms with van der Waals surface area (Å²) in [4.78, 5) is 19.7. The summed E-state index contributed by atoms with van der Waals surface area (Å²) in [6, 6.07) is 6.46. The minimum Gasteiger partial charge on any atom is -0.350 e. The molecule has 0 radical (unpaired) electrons. The Hall–Kier alpha value is -2.76. The first-order valence-corrected chi connectivity index (χ1v) is 6.39. The summed E-state index contributed by atoms with van der Waals surface area (Å²) in [6.07, 6.45) is 4.41. The Bertz CT molecular complexity index is 628. The number of rotatable bonds is 6. The second-order valence-corrected chi connectivity index (χ2v) is 4.24. The number of hydrogen-bond donors (Lipinski definition) is 2. The molecule has 0 aliphatic carbocycles. The molecule has 2 N–H and O–H groups in total. The van der Waals surface area contributed by atoms with Crippen LogP contribution in [0.4, 0.5) is 10.3 Å². The number of carbonyl (C=O) groups is 1. The molecule has 0 saturated heterocycles. The van der Waals surface area contributed by atoms with E-state index in [0.717, 1.165) is 0 Å². The van der Waals surface area contributed by atoms with E-state index in [0.29, 0.717) is 23.6 Å². The van der Waals surface area contributed by atoms with Gasteiger partial charge in [-0.1, -0.05) is 24.3 Å². The fraction of sp³-hybridized carbons (Fsp3) is 0.133. The van der Waals surface area contributed by atoms with Gasteiger partial charge in [-0.05, 0) is 6.07 Å². The number of aromatic nitrogens is 2. The Labute approximate surface area is 121 Å². The topological polar surface area (TPSA) is 66.9 Å². The normalized spacial score (nSPS) is 9.95. The van der Waals surface area contributed by atoms with Crippen molar-refractivity contribution in [3.05, 3.63) is 66.3 Å². The monoisotopic (exact) mass is 286 g/mol. The SMILES string of the molecule is C=CCNC(=O)c1cnc(NCc2ccccc2F)nc1. The van der Waals surface area contributed by atoms with Gasteiger partial charge in [0.2, 0.25) is 5.95 Å². The summed E-state index contributed by atoms with van der Waals surface area (Å²) in [5, 5.41) is 5.53. The zero-order valence-electron chi connectivity index (χ0n) is 11.3. The third kappa shape index (κ3) is 4.10. The summed E-state index contributed by atoms with van der Waals surface area (Å²) < 4.78 is 13.4. The van der Waals surface area contributed by atoms with Gasteiger partial charge in [-0.15, -0.1) is 6.58 Å². The van der Waals surface area contributed by atoms with Crippen molar-refractivity contribution >= 4 is 11.9 Å². The molecule has 1 heterocycles. The van der Waals surface area contributed by atoms with E-state index in [4.69, 9.17) is 0 Å². The number of hydrogen-bond acceptors (Lipinski definition) is 4. The molecule has 0 bridgehead atoms. The highest BCUT2D eigenvalue weighted by Gasteiger charge is 2.06. The van der Waals surface area contributed by atoms with Crippen molar-refractivity contribution in [2.75, 3.05) is 11.9 Å². The van der Waals surface area contributed by atoms with Crippen LogP contribution in [0.5, 0.6) is 0 Å². The molecular weight excluding hydrogens is 271 g/mol. The summed E-state index contributed by atoms with van der Waals surface area (Å²) >= 11 is 0. The molecule has 0 aliphatic rings. The predicted molar refractivity (Wildman–Crippen MR) is 78.3 cm³/mol. The molecule has 0 fully saturated rings. The fourth-order valence-electron chi connectivity index (χ4n) is 1.62. The summed E-state index contributed by atoms with van der Waals surface area (Å²) in [5.74, 6) is -0.223. The highest BCUT2D eigenvalue weighted by atomic mass is 19.1. The molecule has 5 nitrogen and oxygen atoms in total. The molecule has 2 rings (SSSR count). The predicted octanol–water partition coefficient (Wildman–Crippen LogP) is 2.14. The lowest BCUT2D eigenvalue weighted by molar-refractivity contribution is 0.0957.